The summed E-state index contributed by atoms with van der Waals surface area (Å²) in [5, 5.41) is 0. The topological polar surface area (TPSA) is 29.3 Å². The third kappa shape index (κ3) is 3.01. The van der Waals surface area contributed by atoms with Gasteiger partial charge in [-0.1, -0.05) is 0 Å². The van der Waals surface area contributed by atoms with E-state index in [-0.39, 0.29) is 0 Å². The van der Waals surface area contributed by atoms with Gasteiger partial charge in [-0.2, -0.15) is 11.8 Å². The van der Waals surface area contributed by atoms with E-state index in [1.54, 1.807) is 0 Å². The fourth-order valence-electron chi connectivity index (χ4n) is 1.36. The molecule has 0 spiro atoms. The molecule has 0 aliphatic carbocycles. The first kappa shape index (κ1) is 9.36. The van der Waals surface area contributed by atoms with Crippen LogP contribution in [-0.4, -0.2) is 42.1 Å². The fraction of sp³-hybridized carbons (Fsp3) is 1.00. The van der Waals surface area contributed by atoms with Gasteiger partial charge in [0.1, 0.15) is 0 Å². The van der Waals surface area contributed by atoms with E-state index in [4.69, 9.17) is 5.73 Å². The Balaban J connectivity index is 2.30. The molecule has 1 unspecified atom stereocenters. The molecule has 0 amide bonds. The molecule has 1 aliphatic heterocycles. The van der Waals surface area contributed by atoms with Crippen molar-refractivity contribution in [2.75, 3.05) is 31.1 Å². The van der Waals surface area contributed by atoms with Gasteiger partial charge in [0.2, 0.25) is 0 Å². The first-order valence-corrected chi connectivity index (χ1v) is 5.52. The smallest absolute Gasteiger partial charge is 0.0190 e. The van der Waals surface area contributed by atoms with E-state index in [0.717, 1.165) is 6.54 Å². The molecular formula is C8H18N2S. The van der Waals surface area contributed by atoms with E-state index < -0.39 is 0 Å². The molecule has 1 atom stereocenters. The number of thioether (sulfide) groups is 1. The summed E-state index contributed by atoms with van der Waals surface area (Å²) in [7, 11) is 0. The number of nitrogens with two attached hydrogens (primary N) is 1. The maximum Gasteiger partial charge on any atom is 0.0190 e. The molecule has 0 saturated carbocycles. The van der Waals surface area contributed by atoms with Gasteiger partial charge in [-0.15, -0.1) is 0 Å². The summed E-state index contributed by atoms with van der Waals surface area (Å²) < 4.78 is 0. The minimum absolute atomic E-state index is 0.577. The highest BCUT2D eigenvalue weighted by molar-refractivity contribution is 7.99. The lowest BCUT2D eigenvalue weighted by atomic mass is 10.2. The molecule has 1 heterocycles. The molecule has 1 aliphatic rings. The maximum absolute atomic E-state index is 5.61. The van der Waals surface area contributed by atoms with E-state index in [1.165, 1.54) is 31.0 Å². The zero-order valence-electron chi connectivity index (χ0n) is 7.25. The second-order valence-electron chi connectivity index (χ2n) is 3.09. The third-order valence-electron chi connectivity index (χ3n) is 2.22. The molecule has 0 radical (unpaired) electrons. The van der Waals surface area contributed by atoms with Crippen LogP contribution in [0.25, 0.3) is 0 Å². The number of rotatable bonds is 2. The van der Waals surface area contributed by atoms with Crippen LogP contribution in [0.5, 0.6) is 0 Å². The molecule has 0 bridgehead atoms. The Bertz CT molecular complexity index is 100. The number of nitrogens with zero attached hydrogens (tertiary/aromatic N) is 1. The Kier molecular flexibility index (Phi) is 4.26. The van der Waals surface area contributed by atoms with Gasteiger partial charge in [0, 0.05) is 24.9 Å². The lowest BCUT2D eigenvalue weighted by Gasteiger charge is -2.25. The Labute approximate surface area is 73.5 Å². The van der Waals surface area contributed by atoms with Crippen LogP contribution in [0.3, 0.4) is 0 Å². The molecule has 2 nitrogen and oxygen atoms in total. The maximum atomic E-state index is 5.61. The van der Waals surface area contributed by atoms with Crippen LogP contribution in [0, 0.1) is 0 Å². The molecule has 1 rings (SSSR count). The first-order valence-electron chi connectivity index (χ1n) is 4.36. The lowest BCUT2D eigenvalue weighted by Crippen LogP contribution is -2.39. The van der Waals surface area contributed by atoms with Crippen LogP contribution in [0.1, 0.15) is 13.3 Å². The summed E-state index contributed by atoms with van der Waals surface area (Å²) in [4.78, 5) is 2.50. The van der Waals surface area contributed by atoms with Crippen LogP contribution in [-0.2, 0) is 0 Å². The van der Waals surface area contributed by atoms with Crippen molar-refractivity contribution in [3.8, 4) is 0 Å². The third-order valence-corrected chi connectivity index (χ3v) is 3.27. The second kappa shape index (κ2) is 5.01. The van der Waals surface area contributed by atoms with E-state index in [0.29, 0.717) is 6.04 Å². The second-order valence-corrected chi connectivity index (χ2v) is 4.31. The van der Waals surface area contributed by atoms with Crippen molar-refractivity contribution < 1.29 is 0 Å². The first-order chi connectivity index (χ1) is 5.34. The van der Waals surface area contributed by atoms with Crippen molar-refractivity contribution in [2.24, 2.45) is 5.73 Å². The van der Waals surface area contributed by atoms with Crippen molar-refractivity contribution in [3.05, 3.63) is 0 Å². The predicted molar refractivity (Wildman–Crippen MR) is 52.0 cm³/mol. The van der Waals surface area contributed by atoms with Crippen LogP contribution in [0.15, 0.2) is 0 Å². The van der Waals surface area contributed by atoms with Gasteiger partial charge in [-0.3, -0.25) is 4.90 Å². The van der Waals surface area contributed by atoms with Gasteiger partial charge >= 0.3 is 0 Å². The fourth-order valence-corrected chi connectivity index (χ4v) is 2.26. The summed E-state index contributed by atoms with van der Waals surface area (Å²) >= 11 is 2.06. The van der Waals surface area contributed by atoms with Gasteiger partial charge < -0.3 is 5.73 Å². The van der Waals surface area contributed by atoms with Crippen molar-refractivity contribution in [2.45, 2.75) is 19.4 Å². The molecule has 3 heteroatoms. The standard InChI is InChI=1S/C8H18N2S/c1-8(7-9)10-3-2-5-11-6-4-10/h8H,2-7,9H2,1H3. The van der Waals surface area contributed by atoms with Crippen LogP contribution < -0.4 is 5.73 Å². The highest BCUT2D eigenvalue weighted by atomic mass is 32.2. The highest BCUT2D eigenvalue weighted by Gasteiger charge is 2.13. The molecule has 1 saturated heterocycles. The summed E-state index contributed by atoms with van der Waals surface area (Å²) in [5.74, 6) is 2.61. The average molecular weight is 174 g/mol. The molecule has 1 fully saturated rings. The Morgan fingerprint density at radius 3 is 3.00 bits per heavy atom. The summed E-state index contributed by atoms with van der Waals surface area (Å²) in [6.45, 7) is 5.48. The molecule has 2 N–H and O–H groups in total. The highest BCUT2D eigenvalue weighted by Crippen LogP contribution is 2.11. The molecule has 11 heavy (non-hydrogen) atoms. The quantitative estimate of drug-likeness (QED) is 0.670. The van der Waals surface area contributed by atoms with Gasteiger partial charge in [-0.05, 0) is 25.6 Å². The van der Waals surface area contributed by atoms with Gasteiger partial charge in [0.25, 0.3) is 0 Å². The minimum atomic E-state index is 0.577. The Morgan fingerprint density at radius 1 is 1.45 bits per heavy atom. The van der Waals surface area contributed by atoms with E-state index in [2.05, 4.69) is 23.6 Å². The largest absolute Gasteiger partial charge is 0.329 e. The van der Waals surface area contributed by atoms with Gasteiger partial charge in [0.05, 0.1) is 0 Å². The number of hydrogen-bond donors (Lipinski definition) is 1. The van der Waals surface area contributed by atoms with Crippen molar-refractivity contribution >= 4 is 11.8 Å². The summed E-state index contributed by atoms with van der Waals surface area (Å²) in [6.07, 6.45) is 1.33. The monoisotopic (exact) mass is 174 g/mol. The minimum Gasteiger partial charge on any atom is -0.329 e. The zero-order chi connectivity index (χ0) is 8.10. The molecule has 0 aromatic rings. The lowest BCUT2D eigenvalue weighted by molar-refractivity contribution is 0.230. The predicted octanol–water partition coefficient (Wildman–Crippen LogP) is 0.772. The molecule has 0 aromatic carbocycles. The average Bonchev–Trinajstić information content (AvgIpc) is 2.30. The molecule has 0 aromatic heterocycles. The van der Waals surface area contributed by atoms with Crippen molar-refractivity contribution in [1.82, 2.24) is 4.90 Å². The molecule has 66 valence electrons. The van der Waals surface area contributed by atoms with E-state index in [9.17, 15) is 0 Å². The van der Waals surface area contributed by atoms with Crippen LogP contribution in [0.2, 0.25) is 0 Å². The number of hydrogen-bond acceptors (Lipinski definition) is 3. The van der Waals surface area contributed by atoms with Gasteiger partial charge in [0.15, 0.2) is 0 Å². The normalized spacial score (nSPS) is 24.5. The van der Waals surface area contributed by atoms with Crippen LogP contribution in [0.4, 0.5) is 0 Å². The summed E-state index contributed by atoms with van der Waals surface area (Å²) in [5.41, 5.74) is 5.61. The van der Waals surface area contributed by atoms with E-state index in [1.807, 2.05) is 0 Å². The van der Waals surface area contributed by atoms with Crippen molar-refractivity contribution in [1.29, 1.82) is 0 Å². The van der Waals surface area contributed by atoms with Crippen LogP contribution >= 0.6 is 11.8 Å². The van der Waals surface area contributed by atoms with E-state index >= 15 is 0 Å². The zero-order valence-corrected chi connectivity index (χ0v) is 8.07. The Morgan fingerprint density at radius 2 is 2.27 bits per heavy atom. The summed E-state index contributed by atoms with van der Waals surface area (Å²) in [6, 6.07) is 0.577. The van der Waals surface area contributed by atoms with Gasteiger partial charge in [-0.25, -0.2) is 0 Å². The molecular weight excluding hydrogens is 156 g/mol. The van der Waals surface area contributed by atoms with Crippen molar-refractivity contribution in [3.63, 3.8) is 0 Å². The SMILES string of the molecule is CC(CN)N1CCCSCC1. The Hall–Kier alpha value is 0.270.